The first-order chi connectivity index (χ1) is 8.09. The molecule has 0 N–H and O–H groups in total. The van der Waals surface area contributed by atoms with Crippen molar-refractivity contribution >= 4 is 17.2 Å². The molecule has 0 aliphatic carbocycles. The highest BCUT2D eigenvalue weighted by molar-refractivity contribution is 7.13. The van der Waals surface area contributed by atoms with Crippen molar-refractivity contribution in [3.63, 3.8) is 0 Å². The molecule has 17 heavy (non-hydrogen) atoms. The Balaban J connectivity index is 2.14. The molecule has 1 aromatic heterocycles. The lowest BCUT2D eigenvalue weighted by Crippen LogP contribution is -2.29. The van der Waals surface area contributed by atoms with Crippen LogP contribution in [-0.2, 0) is 0 Å². The van der Waals surface area contributed by atoms with Crippen LogP contribution in [0, 0.1) is 0 Å². The van der Waals surface area contributed by atoms with E-state index in [9.17, 15) is 4.79 Å². The maximum Gasteiger partial charge on any atom is 0.265 e. The van der Waals surface area contributed by atoms with E-state index in [0.717, 1.165) is 22.9 Å². The van der Waals surface area contributed by atoms with Crippen molar-refractivity contribution in [2.45, 2.75) is 25.3 Å². The van der Waals surface area contributed by atoms with Crippen molar-refractivity contribution in [1.29, 1.82) is 0 Å². The van der Waals surface area contributed by atoms with Gasteiger partial charge in [0.05, 0.1) is 12.2 Å². The summed E-state index contributed by atoms with van der Waals surface area (Å²) >= 11 is 1.54. The molecule has 1 aliphatic rings. The standard InChI is InChI=1S/C12H19N3OS/c1-14(2)12(16)10-8-13-11(17-10)9-6-4-5-7-15(9)3/h8-9H,4-7H2,1-3H3. The van der Waals surface area contributed by atoms with Gasteiger partial charge in [0, 0.05) is 14.1 Å². The number of thiazole rings is 1. The van der Waals surface area contributed by atoms with Gasteiger partial charge in [0.1, 0.15) is 9.88 Å². The van der Waals surface area contributed by atoms with Crippen LogP contribution in [0.2, 0.25) is 0 Å². The summed E-state index contributed by atoms with van der Waals surface area (Å²) in [6.07, 6.45) is 5.39. The van der Waals surface area contributed by atoms with Gasteiger partial charge < -0.3 is 4.90 Å². The lowest BCUT2D eigenvalue weighted by atomic mass is 10.0. The lowest BCUT2D eigenvalue weighted by molar-refractivity contribution is 0.0832. The summed E-state index contributed by atoms with van der Waals surface area (Å²) in [5.74, 6) is 0.0483. The van der Waals surface area contributed by atoms with Crippen LogP contribution in [0.15, 0.2) is 6.20 Å². The molecule has 0 spiro atoms. The molecule has 0 aromatic carbocycles. The van der Waals surface area contributed by atoms with E-state index in [1.807, 2.05) is 0 Å². The van der Waals surface area contributed by atoms with E-state index in [4.69, 9.17) is 0 Å². The van der Waals surface area contributed by atoms with Crippen LogP contribution < -0.4 is 0 Å². The van der Waals surface area contributed by atoms with Crippen LogP contribution in [0.4, 0.5) is 0 Å². The van der Waals surface area contributed by atoms with Gasteiger partial charge in [0.25, 0.3) is 5.91 Å². The average Bonchev–Trinajstić information content (AvgIpc) is 2.77. The molecule has 1 aliphatic heterocycles. The second-order valence-electron chi connectivity index (χ2n) is 4.75. The third-order valence-corrected chi connectivity index (χ3v) is 4.28. The molecule has 2 heterocycles. The zero-order valence-corrected chi connectivity index (χ0v) is 11.5. The number of rotatable bonds is 2. The maximum absolute atomic E-state index is 11.8. The van der Waals surface area contributed by atoms with Crippen LogP contribution in [0.1, 0.15) is 40.0 Å². The highest BCUT2D eigenvalue weighted by atomic mass is 32.1. The number of carbonyl (C=O) groups excluding carboxylic acids is 1. The number of amides is 1. The zero-order valence-electron chi connectivity index (χ0n) is 10.6. The lowest BCUT2D eigenvalue weighted by Gasteiger charge is -2.30. The molecule has 2 rings (SSSR count). The third-order valence-electron chi connectivity index (χ3n) is 3.20. The smallest absolute Gasteiger partial charge is 0.265 e. The molecule has 0 radical (unpaired) electrons. The third kappa shape index (κ3) is 2.66. The minimum atomic E-state index is 0.0483. The van der Waals surface area contributed by atoms with Gasteiger partial charge in [-0.1, -0.05) is 6.42 Å². The van der Waals surface area contributed by atoms with E-state index >= 15 is 0 Å². The number of likely N-dealkylation sites (tertiary alicyclic amines) is 1. The molecule has 1 atom stereocenters. The highest BCUT2D eigenvalue weighted by Gasteiger charge is 2.24. The molecule has 94 valence electrons. The first-order valence-electron chi connectivity index (χ1n) is 5.97. The molecule has 1 fully saturated rings. The van der Waals surface area contributed by atoms with E-state index in [1.54, 1.807) is 25.2 Å². The van der Waals surface area contributed by atoms with Gasteiger partial charge in [-0.3, -0.25) is 9.69 Å². The number of nitrogens with zero attached hydrogens (tertiary/aromatic N) is 3. The number of hydrogen-bond donors (Lipinski definition) is 0. The molecule has 4 nitrogen and oxygen atoms in total. The second kappa shape index (κ2) is 5.14. The fourth-order valence-electron chi connectivity index (χ4n) is 2.15. The van der Waals surface area contributed by atoms with Gasteiger partial charge in [0.2, 0.25) is 0 Å². The predicted octanol–water partition coefficient (Wildman–Crippen LogP) is 2.00. The summed E-state index contributed by atoms with van der Waals surface area (Å²) in [4.78, 5) is 20.9. The topological polar surface area (TPSA) is 36.4 Å². The van der Waals surface area contributed by atoms with Gasteiger partial charge in [0.15, 0.2) is 0 Å². The molecule has 0 saturated carbocycles. The van der Waals surface area contributed by atoms with Gasteiger partial charge in [-0.2, -0.15) is 0 Å². The SMILES string of the molecule is CN(C)C(=O)c1cnc(C2CCCCN2C)s1. The van der Waals surface area contributed by atoms with Crippen LogP contribution in [0.5, 0.6) is 0 Å². The summed E-state index contributed by atoms with van der Waals surface area (Å²) in [6, 6.07) is 0.400. The van der Waals surface area contributed by atoms with E-state index in [1.165, 1.54) is 24.2 Å². The minimum absolute atomic E-state index is 0.0483. The van der Waals surface area contributed by atoms with Gasteiger partial charge in [-0.15, -0.1) is 11.3 Å². The molecule has 5 heteroatoms. The minimum Gasteiger partial charge on any atom is -0.344 e. The van der Waals surface area contributed by atoms with Crippen LogP contribution in [0.25, 0.3) is 0 Å². The molecule has 1 saturated heterocycles. The van der Waals surface area contributed by atoms with E-state index in [-0.39, 0.29) is 5.91 Å². The monoisotopic (exact) mass is 253 g/mol. The molecule has 1 aromatic rings. The fraction of sp³-hybridized carbons (Fsp3) is 0.667. The Morgan fingerprint density at radius 2 is 2.29 bits per heavy atom. The zero-order chi connectivity index (χ0) is 12.4. The Morgan fingerprint density at radius 1 is 1.53 bits per heavy atom. The molecular formula is C12H19N3OS. The van der Waals surface area contributed by atoms with E-state index < -0.39 is 0 Å². The first kappa shape index (κ1) is 12.5. The highest BCUT2D eigenvalue weighted by Crippen LogP contribution is 2.32. The summed E-state index contributed by atoms with van der Waals surface area (Å²) in [6.45, 7) is 1.13. The second-order valence-corrected chi connectivity index (χ2v) is 5.82. The van der Waals surface area contributed by atoms with Crippen molar-refractivity contribution in [1.82, 2.24) is 14.8 Å². The van der Waals surface area contributed by atoms with Crippen LogP contribution in [-0.4, -0.2) is 48.4 Å². The van der Waals surface area contributed by atoms with Crippen molar-refractivity contribution < 1.29 is 4.79 Å². The van der Waals surface area contributed by atoms with Crippen LogP contribution in [0.3, 0.4) is 0 Å². The number of piperidine rings is 1. The van der Waals surface area contributed by atoms with Gasteiger partial charge in [-0.05, 0) is 26.4 Å². The Labute approximate surface area is 106 Å². The predicted molar refractivity (Wildman–Crippen MR) is 69.4 cm³/mol. The van der Waals surface area contributed by atoms with Crippen LogP contribution >= 0.6 is 11.3 Å². The normalized spacial score (nSPS) is 21.5. The molecule has 0 bridgehead atoms. The Kier molecular flexibility index (Phi) is 3.79. The Bertz CT molecular complexity index is 402. The number of aromatic nitrogens is 1. The Morgan fingerprint density at radius 3 is 2.94 bits per heavy atom. The maximum atomic E-state index is 11.8. The van der Waals surface area contributed by atoms with Crippen molar-refractivity contribution in [2.24, 2.45) is 0 Å². The fourth-order valence-corrected chi connectivity index (χ4v) is 3.29. The van der Waals surface area contributed by atoms with Gasteiger partial charge in [-0.25, -0.2) is 4.98 Å². The molecule has 1 amide bonds. The summed E-state index contributed by atoms with van der Waals surface area (Å²) < 4.78 is 0. The summed E-state index contributed by atoms with van der Waals surface area (Å²) in [5.41, 5.74) is 0. The van der Waals surface area contributed by atoms with E-state index in [0.29, 0.717) is 6.04 Å². The van der Waals surface area contributed by atoms with E-state index in [2.05, 4.69) is 16.9 Å². The molecule has 1 unspecified atom stereocenters. The first-order valence-corrected chi connectivity index (χ1v) is 6.79. The quantitative estimate of drug-likeness (QED) is 0.809. The Hall–Kier alpha value is -0.940. The number of hydrogen-bond acceptors (Lipinski definition) is 4. The molecular weight excluding hydrogens is 234 g/mol. The van der Waals surface area contributed by atoms with Crippen molar-refractivity contribution in [2.75, 3.05) is 27.7 Å². The largest absolute Gasteiger partial charge is 0.344 e. The van der Waals surface area contributed by atoms with Gasteiger partial charge >= 0.3 is 0 Å². The van der Waals surface area contributed by atoms with Crippen molar-refractivity contribution in [3.8, 4) is 0 Å². The van der Waals surface area contributed by atoms with Crippen molar-refractivity contribution in [3.05, 3.63) is 16.1 Å². The summed E-state index contributed by atoms with van der Waals surface area (Å²) in [5, 5.41) is 1.08. The average molecular weight is 253 g/mol. The summed E-state index contributed by atoms with van der Waals surface area (Å²) in [7, 11) is 5.68. The number of carbonyl (C=O) groups is 1.